The molecule has 0 radical (unpaired) electrons. The van der Waals surface area contributed by atoms with Gasteiger partial charge >= 0.3 is 11.9 Å². The molecule has 4 atom stereocenters. The third-order valence-electron chi connectivity index (χ3n) is 6.47. The van der Waals surface area contributed by atoms with E-state index in [0.717, 1.165) is 12.8 Å². The largest absolute Gasteiger partial charge is 0.459 e. The molecule has 3 rings (SSSR count). The van der Waals surface area contributed by atoms with Gasteiger partial charge in [0.2, 0.25) is 0 Å². The van der Waals surface area contributed by atoms with Crippen LogP contribution in [0.15, 0.2) is 36.0 Å². The molecule has 1 saturated carbocycles. The van der Waals surface area contributed by atoms with Crippen molar-refractivity contribution in [3.05, 3.63) is 36.0 Å². The van der Waals surface area contributed by atoms with Gasteiger partial charge in [-0.2, -0.15) is 0 Å². The van der Waals surface area contributed by atoms with Gasteiger partial charge in [0, 0.05) is 23.0 Å². The summed E-state index contributed by atoms with van der Waals surface area (Å²) >= 11 is 0. The lowest BCUT2D eigenvalue weighted by Crippen LogP contribution is -2.65. The van der Waals surface area contributed by atoms with E-state index in [1.54, 1.807) is 6.08 Å². The molecule has 27 heavy (non-hydrogen) atoms. The highest BCUT2D eigenvalue weighted by Gasteiger charge is 2.69. The molecular formula is C21H26O6. The molecule has 0 aromatic heterocycles. The van der Waals surface area contributed by atoms with Gasteiger partial charge in [-0.3, -0.25) is 4.79 Å². The summed E-state index contributed by atoms with van der Waals surface area (Å²) in [5, 5.41) is 11.4. The standard InChI is InChI=1S/C21H26O6/c1-19(2)9-7-10-20(3)17(19)15(27-16(23)8-5-4-6-11-22)12-14-13-26-18(24)21(14,20)25/h4-6,8,11-12,15,17,25H,7,9-10,13H2,1-3H3/b6-4+,8-5+/t15-,17+,20+,21-/m0/s1. The van der Waals surface area contributed by atoms with E-state index < -0.39 is 29.1 Å². The SMILES string of the molecule is CC1(C)CCC[C@]2(C)[C@@H]1[C@@H](OC(=O)/C=C/C=C/C=O)C=C1COC(=O)[C@@]12O. The molecule has 0 unspecified atom stereocenters. The summed E-state index contributed by atoms with van der Waals surface area (Å²) in [6.07, 6.45) is 9.59. The summed E-state index contributed by atoms with van der Waals surface area (Å²) in [7, 11) is 0. The Kier molecular flexibility index (Phi) is 4.89. The van der Waals surface area contributed by atoms with Gasteiger partial charge in [0.05, 0.1) is 0 Å². The van der Waals surface area contributed by atoms with E-state index in [-0.39, 0.29) is 17.9 Å². The lowest BCUT2D eigenvalue weighted by molar-refractivity contribution is -0.194. The van der Waals surface area contributed by atoms with Gasteiger partial charge in [0.15, 0.2) is 5.60 Å². The molecule has 3 aliphatic rings. The van der Waals surface area contributed by atoms with E-state index in [1.807, 2.05) is 6.92 Å². The van der Waals surface area contributed by atoms with E-state index in [1.165, 1.54) is 24.3 Å². The summed E-state index contributed by atoms with van der Waals surface area (Å²) in [5.74, 6) is -1.38. The normalized spacial score (nSPS) is 37.5. The van der Waals surface area contributed by atoms with Crippen LogP contribution in [0.3, 0.4) is 0 Å². The number of fused-ring (bicyclic) bond motifs is 3. The molecule has 0 bridgehead atoms. The number of carbonyl (C=O) groups is 3. The highest BCUT2D eigenvalue weighted by molar-refractivity contribution is 5.88. The summed E-state index contributed by atoms with van der Waals surface area (Å²) < 4.78 is 10.9. The van der Waals surface area contributed by atoms with Crippen molar-refractivity contribution in [2.75, 3.05) is 6.61 Å². The summed E-state index contributed by atoms with van der Waals surface area (Å²) in [6, 6.07) is 0. The number of esters is 2. The van der Waals surface area contributed by atoms with E-state index in [2.05, 4.69) is 13.8 Å². The topological polar surface area (TPSA) is 89.9 Å². The minimum absolute atomic E-state index is 0.0179. The van der Waals surface area contributed by atoms with Crippen LogP contribution >= 0.6 is 0 Å². The van der Waals surface area contributed by atoms with Crippen molar-refractivity contribution in [2.45, 2.75) is 51.7 Å². The quantitative estimate of drug-likeness (QED) is 0.267. The Hall–Kier alpha value is -2.21. The first kappa shape index (κ1) is 19.5. The second kappa shape index (κ2) is 6.75. The summed E-state index contributed by atoms with van der Waals surface area (Å²) in [6.45, 7) is 6.09. The van der Waals surface area contributed by atoms with Crippen LogP contribution in [0, 0.1) is 16.7 Å². The molecule has 146 valence electrons. The van der Waals surface area contributed by atoms with Crippen molar-refractivity contribution >= 4 is 18.2 Å². The number of carbonyl (C=O) groups excluding carboxylic acids is 3. The highest BCUT2D eigenvalue weighted by atomic mass is 16.6. The fourth-order valence-electron chi connectivity index (χ4n) is 5.36. The number of hydrogen-bond acceptors (Lipinski definition) is 6. The Bertz CT molecular complexity index is 746. The molecule has 0 aromatic carbocycles. The molecule has 0 aromatic rings. The molecule has 0 spiro atoms. The van der Waals surface area contributed by atoms with Gasteiger partial charge in [-0.15, -0.1) is 0 Å². The zero-order valence-corrected chi connectivity index (χ0v) is 15.9. The molecule has 1 aliphatic heterocycles. The Morgan fingerprint density at radius 3 is 2.70 bits per heavy atom. The average molecular weight is 374 g/mol. The molecule has 1 saturated heterocycles. The van der Waals surface area contributed by atoms with Crippen LogP contribution in [0.1, 0.15) is 40.0 Å². The lowest BCUT2D eigenvalue weighted by Gasteiger charge is -2.59. The van der Waals surface area contributed by atoms with Gasteiger partial charge in [0.25, 0.3) is 0 Å². The maximum atomic E-state index is 12.5. The Labute approximate surface area is 158 Å². The van der Waals surface area contributed by atoms with E-state index in [4.69, 9.17) is 9.47 Å². The average Bonchev–Trinajstić information content (AvgIpc) is 2.88. The Morgan fingerprint density at radius 2 is 2.00 bits per heavy atom. The van der Waals surface area contributed by atoms with E-state index >= 15 is 0 Å². The van der Waals surface area contributed by atoms with Gasteiger partial charge < -0.3 is 14.6 Å². The van der Waals surface area contributed by atoms with Crippen LogP contribution < -0.4 is 0 Å². The zero-order chi connectivity index (χ0) is 19.9. The van der Waals surface area contributed by atoms with Crippen LogP contribution in [0.4, 0.5) is 0 Å². The summed E-state index contributed by atoms with van der Waals surface area (Å²) in [4.78, 5) is 35.0. The molecule has 2 fully saturated rings. The minimum Gasteiger partial charge on any atom is -0.459 e. The van der Waals surface area contributed by atoms with Gasteiger partial charge in [-0.05, 0) is 30.4 Å². The Morgan fingerprint density at radius 1 is 1.26 bits per heavy atom. The maximum Gasteiger partial charge on any atom is 0.343 e. The Balaban J connectivity index is 1.98. The van der Waals surface area contributed by atoms with Crippen molar-refractivity contribution in [2.24, 2.45) is 16.7 Å². The smallest absolute Gasteiger partial charge is 0.343 e. The third-order valence-corrected chi connectivity index (χ3v) is 6.47. The van der Waals surface area contributed by atoms with Gasteiger partial charge in [0.1, 0.15) is 19.0 Å². The molecular weight excluding hydrogens is 348 g/mol. The van der Waals surface area contributed by atoms with Crippen molar-refractivity contribution < 1.29 is 29.0 Å². The first-order valence-electron chi connectivity index (χ1n) is 9.27. The maximum absolute atomic E-state index is 12.5. The van der Waals surface area contributed by atoms with E-state index in [0.29, 0.717) is 18.3 Å². The van der Waals surface area contributed by atoms with Crippen molar-refractivity contribution in [1.29, 1.82) is 0 Å². The van der Waals surface area contributed by atoms with Crippen LogP contribution in [-0.4, -0.2) is 41.6 Å². The number of aliphatic hydroxyl groups is 1. The van der Waals surface area contributed by atoms with Crippen molar-refractivity contribution in [3.63, 3.8) is 0 Å². The number of allylic oxidation sites excluding steroid dienone is 3. The number of ether oxygens (including phenoxy) is 2. The van der Waals surface area contributed by atoms with Crippen LogP contribution in [0.2, 0.25) is 0 Å². The van der Waals surface area contributed by atoms with Crippen LogP contribution in [0.5, 0.6) is 0 Å². The van der Waals surface area contributed by atoms with Crippen molar-refractivity contribution in [1.82, 2.24) is 0 Å². The minimum atomic E-state index is -1.67. The van der Waals surface area contributed by atoms with E-state index in [9.17, 15) is 19.5 Å². The molecule has 2 aliphatic carbocycles. The molecule has 0 amide bonds. The fourth-order valence-corrected chi connectivity index (χ4v) is 5.36. The number of cyclic esters (lactones) is 1. The number of hydrogen-bond donors (Lipinski definition) is 1. The third kappa shape index (κ3) is 2.96. The lowest BCUT2D eigenvalue weighted by atomic mass is 9.46. The van der Waals surface area contributed by atoms with Crippen LogP contribution in [-0.2, 0) is 23.9 Å². The first-order valence-corrected chi connectivity index (χ1v) is 9.27. The predicted octanol–water partition coefficient (Wildman–Crippen LogP) is 2.27. The molecule has 6 heteroatoms. The molecule has 1 N–H and O–H groups in total. The first-order chi connectivity index (χ1) is 12.7. The molecule has 1 heterocycles. The van der Waals surface area contributed by atoms with Crippen molar-refractivity contribution in [3.8, 4) is 0 Å². The number of aldehydes is 1. The monoisotopic (exact) mass is 374 g/mol. The second-order valence-electron chi connectivity index (χ2n) is 8.50. The van der Waals surface area contributed by atoms with Crippen LogP contribution in [0.25, 0.3) is 0 Å². The van der Waals surface area contributed by atoms with Gasteiger partial charge in [-0.1, -0.05) is 39.3 Å². The predicted molar refractivity (Wildman–Crippen MR) is 97.4 cm³/mol. The fraction of sp³-hybridized carbons (Fsp3) is 0.571. The highest BCUT2D eigenvalue weighted by Crippen LogP contribution is 2.63. The molecule has 6 nitrogen and oxygen atoms in total. The second-order valence-corrected chi connectivity index (χ2v) is 8.50. The number of rotatable bonds is 4. The van der Waals surface area contributed by atoms with Gasteiger partial charge in [-0.25, -0.2) is 9.59 Å². The summed E-state index contributed by atoms with van der Waals surface area (Å²) in [5.41, 5.74) is -2.20. The zero-order valence-electron chi connectivity index (χ0n) is 15.9.